The minimum Gasteiger partial charge on any atom is -0.480 e. The van der Waals surface area contributed by atoms with E-state index in [1.54, 1.807) is 36.4 Å². The van der Waals surface area contributed by atoms with Gasteiger partial charge in [-0.25, -0.2) is 9.18 Å². The third-order valence-corrected chi connectivity index (χ3v) is 5.74. The Hall–Kier alpha value is -4.75. The van der Waals surface area contributed by atoms with Crippen molar-refractivity contribution in [3.63, 3.8) is 0 Å². The molecule has 1 fully saturated rings. The molecule has 4 rings (SSSR count). The molecule has 1 saturated heterocycles. The van der Waals surface area contributed by atoms with Crippen molar-refractivity contribution in [3.8, 4) is 0 Å². The third kappa shape index (κ3) is 6.58. The maximum atomic E-state index is 14.6. The summed E-state index contributed by atoms with van der Waals surface area (Å²) in [6.07, 6.45) is -0.635. The fourth-order valence-corrected chi connectivity index (χ4v) is 3.74. The normalized spacial score (nSPS) is 17.2. The van der Waals surface area contributed by atoms with Crippen LogP contribution in [-0.2, 0) is 30.3 Å². The van der Waals surface area contributed by atoms with Crippen LogP contribution in [0.4, 0.5) is 20.2 Å². The highest BCUT2D eigenvalue weighted by molar-refractivity contribution is 6.04. The number of para-hydroxylation sites is 1. The number of halogens is 2. The average Bonchev–Trinajstić information content (AvgIpc) is 3.44. The number of aliphatic carboxylic acids is 1. The second-order valence-corrected chi connectivity index (χ2v) is 8.35. The monoisotopic (exact) mass is 540 g/mol. The number of benzene rings is 2. The van der Waals surface area contributed by atoms with E-state index in [4.69, 9.17) is 9.47 Å². The first-order valence-corrected chi connectivity index (χ1v) is 11.6. The number of hydrogen-bond donors (Lipinski definition) is 3. The first kappa shape index (κ1) is 27.3. The number of carboxylic acid groups (broad SMARTS) is 1. The summed E-state index contributed by atoms with van der Waals surface area (Å²) in [7, 11) is 0. The zero-order chi connectivity index (χ0) is 27.9. The van der Waals surface area contributed by atoms with Crippen molar-refractivity contribution in [3.05, 3.63) is 90.0 Å². The molecule has 3 atom stereocenters. The summed E-state index contributed by atoms with van der Waals surface area (Å²) >= 11 is 0. The molecule has 202 valence electrons. The Morgan fingerprint density at radius 1 is 1.00 bits per heavy atom. The topological polar surface area (TPSA) is 147 Å². The average molecular weight is 540 g/mol. The van der Waals surface area contributed by atoms with Crippen LogP contribution in [0.1, 0.15) is 15.9 Å². The van der Waals surface area contributed by atoms with Gasteiger partial charge >= 0.3 is 5.97 Å². The van der Waals surface area contributed by atoms with Crippen molar-refractivity contribution >= 4 is 35.1 Å². The molecule has 3 amide bonds. The van der Waals surface area contributed by atoms with E-state index in [1.165, 1.54) is 24.5 Å². The fraction of sp³-hybridized carbons (Fsp3) is 0.192. The van der Waals surface area contributed by atoms with Crippen LogP contribution < -0.4 is 15.8 Å². The van der Waals surface area contributed by atoms with E-state index in [2.05, 4.69) is 15.6 Å². The predicted molar refractivity (Wildman–Crippen MR) is 132 cm³/mol. The lowest BCUT2D eigenvalue weighted by Crippen LogP contribution is -2.52. The van der Waals surface area contributed by atoms with E-state index >= 15 is 0 Å². The molecule has 0 radical (unpaired) electrons. The van der Waals surface area contributed by atoms with Gasteiger partial charge in [0.2, 0.25) is 0 Å². The van der Waals surface area contributed by atoms with Gasteiger partial charge in [0.1, 0.15) is 24.3 Å². The maximum absolute atomic E-state index is 14.6. The Bertz CT molecular complexity index is 1360. The number of amides is 3. The number of nitrogens with one attached hydrogen (secondary N) is 2. The Morgan fingerprint density at radius 2 is 1.67 bits per heavy atom. The summed E-state index contributed by atoms with van der Waals surface area (Å²) in [5.41, 5.74) is 0.693. The molecule has 1 aliphatic heterocycles. The molecule has 13 heteroatoms. The zero-order valence-corrected chi connectivity index (χ0v) is 20.1. The number of pyridine rings is 1. The van der Waals surface area contributed by atoms with Crippen LogP contribution >= 0.6 is 0 Å². The number of aromatic nitrogens is 1. The van der Waals surface area contributed by atoms with Gasteiger partial charge in [0.25, 0.3) is 17.7 Å². The van der Waals surface area contributed by atoms with Gasteiger partial charge in [-0.2, -0.15) is 0 Å². The van der Waals surface area contributed by atoms with Crippen molar-refractivity contribution in [1.29, 1.82) is 0 Å². The highest BCUT2D eigenvalue weighted by atomic mass is 19.2. The molecular weight excluding hydrogens is 518 g/mol. The highest BCUT2D eigenvalue weighted by Gasteiger charge is 2.44. The van der Waals surface area contributed by atoms with Crippen LogP contribution in [-0.4, -0.2) is 58.8 Å². The number of ether oxygens (including phenoxy) is 2. The van der Waals surface area contributed by atoms with Gasteiger partial charge in [-0.15, -0.1) is 5.12 Å². The van der Waals surface area contributed by atoms with Crippen LogP contribution in [0.15, 0.2) is 73.1 Å². The van der Waals surface area contributed by atoms with Gasteiger partial charge in [-0.3, -0.25) is 19.4 Å². The predicted octanol–water partition coefficient (Wildman–Crippen LogP) is 2.24. The molecule has 39 heavy (non-hydrogen) atoms. The zero-order valence-electron chi connectivity index (χ0n) is 20.1. The molecule has 11 nitrogen and oxygen atoms in total. The molecule has 3 N–H and O–H groups in total. The van der Waals surface area contributed by atoms with E-state index in [0.717, 1.165) is 12.1 Å². The minimum atomic E-state index is -1.77. The SMILES string of the molecule is O=C(Nc1ccc(CC(NC(=O)[C@@H]2OCO[C@H]2C(=O)N(F)c2ccccc2F)C(=O)O)cc1)c1ccncc1. The highest BCUT2D eigenvalue weighted by Crippen LogP contribution is 2.24. The largest absolute Gasteiger partial charge is 0.480 e. The van der Waals surface area contributed by atoms with Crippen molar-refractivity contribution in [2.75, 3.05) is 17.2 Å². The standard InChI is InChI=1S/C26H22F2N4O7/c27-18-3-1-2-4-20(18)32(28)25(35)22-21(38-14-39-22)24(34)31-19(26(36)37)13-15-5-7-17(8-6-15)30-23(33)16-9-11-29-12-10-16/h1-12,19,21-22H,13-14H2,(H,30,33)(H,31,34)(H,36,37)/t19?,21-,22-/m1/s1. The van der Waals surface area contributed by atoms with Crippen LogP contribution in [0.2, 0.25) is 0 Å². The molecule has 0 aliphatic carbocycles. The summed E-state index contributed by atoms with van der Waals surface area (Å²) in [4.78, 5) is 53.3. The van der Waals surface area contributed by atoms with Gasteiger partial charge in [-0.1, -0.05) is 28.7 Å². The van der Waals surface area contributed by atoms with E-state index < -0.39 is 59.5 Å². The van der Waals surface area contributed by atoms with Crippen molar-refractivity contribution in [2.45, 2.75) is 24.7 Å². The molecule has 1 aromatic heterocycles. The first-order valence-electron chi connectivity index (χ1n) is 11.6. The van der Waals surface area contributed by atoms with Gasteiger partial charge < -0.3 is 25.2 Å². The smallest absolute Gasteiger partial charge is 0.326 e. The van der Waals surface area contributed by atoms with Crippen LogP contribution in [0.25, 0.3) is 0 Å². The molecular formula is C26H22F2N4O7. The Kier molecular flexibility index (Phi) is 8.53. The van der Waals surface area contributed by atoms with Crippen molar-refractivity contribution in [2.24, 2.45) is 0 Å². The molecule has 0 spiro atoms. The Labute approximate surface area is 220 Å². The van der Waals surface area contributed by atoms with Gasteiger partial charge in [-0.05, 0) is 42.0 Å². The summed E-state index contributed by atoms with van der Waals surface area (Å²) < 4.78 is 38.7. The second-order valence-electron chi connectivity index (χ2n) is 8.35. The summed E-state index contributed by atoms with van der Waals surface area (Å²) in [6, 6.07) is 12.5. The summed E-state index contributed by atoms with van der Waals surface area (Å²) in [5.74, 6) is -5.16. The quantitative estimate of drug-likeness (QED) is 0.350. The second kappa shape index (κ2) is 12.2. The number of nitrogens with zero attached hydrogens (tertiary/aromatic N) is 2. The van der Waals surface area contributed by atoms with Gasteiger partial charge in [0.15, 0.2) is 12.2 Å². The Balaban J connectivity index is 1.38. The maximum Gasteiger partial charge on any atom is 0.326 e. The third-order valence-electron chi connectivity index (χ3n) is 5.74. The van der Waals surface area contributed by atoms with Gasteiger partial charge in [0.05, 0.1) is 0 Å². The van der Waals surface area contributed by atoms with E-state index in [9.17, 15) is 33.2 Å². The van der Waals surface area contributed by atoms with Crippen LogP contribution in [0, 0.1) is 5.82 Å². The molecule has 3 aromatic rings. The molecule has 2 heterocycles. The number of carboxylic acids is 1. The molecule has 1 aliphatic rings. The number of carbonyl (C=O) groups excluding carboxylic acids is 3. The lowest BCUT2D eigenvalue weighted by atomic mass is 10.0. The lowest BCUT2D eigenvalue weighted by Gasteiger charge is -2.21. The summed E-state index contributed by atoms with van der Waals surface area (Å²) in [6.45, 7) is -0.538. The van der Waals surface area contributed by atoms with E-state index in [0.29, 0.717) is 16.8 Å². The lowest BCUT2D eigenvalue weighted by molar-refractivity contribution is -0.144. The van der Waals surface area contributed by atoms with Crippen molar-refractivity contribution < 1.29 is 42.6 Å². The summed E-state index contributed by atoms with van der Waals surface area (Å²) in [5, 5.41) is 14.1. The molecule has 2 aromatic carbocycles. The molecule has 1 unspecified atom stereocenters. The van der Waals surface area contributed by atoms with E-state index in [1.807, 2.05) is 0 Å². The van der Waals surface area contributed by atoms with E-state index in [-0.39, 0.29) is 12.3 Å². The van der Waals surface area contributed by atoms with Crippen molar-refractivity contribution in [1.82, 2.24) is 10.3 Å². The van der Waals surface area contributed by atoms with Gasteiger partial charge in [0, 0.05) is 30.1 Å². The number of carbonyl (C=O) groups is 4. The number of anilines is 2. The molecule has 0 bridgehead atoms. The fourth-order valence-electron chi connectivity index (χ4n) is 3.74. The molecule has 0 saturated carbocycles. The van der Waals surface area contributed by atoms with Crippen LogP contribution in [0.3, 0.4) is 0 Å². The number of hydrogen-bond acceptors (Lipinski definition) is 7. The van der Waals surface area contributed by atoms with Crippen LogP contribution in [0.5, 0.6) is 0 Å². The minimum absolute atomic E-state index is 0.156. The Morgan fingerprint density at radius 3 is 2.33 bits per heavy atom. The first-order chi connectivity index (χ1) is 18.7. The number of rotatable bonds is 9.